The average molecular weight is 721 g/mol. The first-order valence-corrected chi connectivity index (χ1v) is 16.1. The van der Waals surface area contributed by atoms with Gasteiger partial charge in [0, 0.05) is 55.5 Å². The molecule has 5 rings (SSSR count). The molecule has 1 aliphatic rings. The van der Waals surface area contributed by atoms with Crippen LogP contribution in [0.1, 0.15) is 34.8 Å². The van der Waals surface area contributed by atoms with Crippen LogP contribution in [0.3, 0.4) is 0 Å². The quantitative estimate of drug-likeness (QED) is 0.0388. The van der Waals surface area contributed by atoms with Crippen LogP contribution in [0.4, 0.5) is 0 Å². The van der Waals surface area contributed by atoms with Crippen LogP contribution in [0, 0.1) is 0 Å². The van der Waals surface area contributed by atoms with Crippen LogP contribution in [-0.2, 0) is 27.2 Å². The summed E-state index contributed by atoms with van der Waals surface area (Å²) in [5.74, 6) is -2.47. The number of aliphatic hydroxyl groups excluding tert-OH is 1. The highest BCUT2D eigenvalue weighted by atomic mass is 16.5. The summed E-state index contributed by atoms with van der Waals surface area (Å²) in [5.41, 5.74) is 5.58. The first-order valence-electron chi connectivity index (χ1n) is 16.1. The molecule has 278 valence electrons. The number of carboxylic acids is 1. The number of hydrogen-bond acceptors (Lipinski definition) is 13. The number of carbonyl (C=O) groups is 2. The van der Waals surface area contributed by atoms with Gasteiger partial charge in [0.1, 0.15) is 23.4 Å². The van der Waals surface area contributed by atoms with E-state index in [2.05, 4.69) is 5.43 Å². The van der Waals surface area contributed by atoms with E-state index in [1.807, 2.05) is 51.5 Å². The van der Waals surface area contributed by atoms with E-state index in [-0.39, 0.29) is 53.1 Å². The molecule has 8 N–H and O–H groups in total. The molecule has 4 aromatic carbocycles. The summed E-state index contributed by atoms with van der Waals surface area (Å²) in [5, 5.41) is 76.7. The molecular weight excluding hydrogens is 676 g/mol. The van der Waals surface area contributed by atoms with Crippen molar-refractivity contribution in [3.05, 3.63) is 107 Å². The number of nitrogens with one attached hydrogen (secondary N) is 1. The van der Waals surface area contributed by atoms with Crippen molar-refractivity contribution in [2.24, 2.45) is 0 Å². The summed E-state index contributed by atoms with van der Waals surface area (Å²) in [6.07, 6.45) is 1.98. The van der Waals surface area contributed by atoms with E-state index >= 15 is 0 Å². The first-order chi connectivity index (χ1) is 24.5. The summed E-state index contributed by atoms with van der Waals surface area (Å²) < 4.78 is 11.3. The fraction of sp³-hybridized carbons (Fsp3) is 0.263. The lowest BCUT2D eigenvalue weighted by molar-refractivity contribution is -0.915. The van der Waals surface area contributed by atoms with Gasteiger partial charge in [-0.05, 0) is 47.0 Å². The molecule has 0 fully saturated rings. The number of rotatable bonds is 10. The molecule has 0 radical (unpaired) electrons. The predicted octanol–water partition coefficient (Wildman–Crippen LogP) is 2.78. The second kappa shape index (κ2) is 18.9. The van der Waals surface area contributed by atoms with Gasteiger partial charge in [-0.15, -0.1) is 0 Å². The lowest BCUT2D eigenvalue weighted by Crippen LogP contribution is -2.49. The zero-order valence-corrected chi connectivity index (χ0v) is 29.0. The number of esters is 1. The van der Waals surface area contributed by atoms with Gasteiger partial charge in [0.25, 0.3) is 0 Å². The van der Waals surface area contributed by atoms with Crippen LogP contribution in [0.25, 0.3) is 6.08 Å². The van der Waals surface area contributed by atoms with E-state index in [1.165, 1.54) is 54.6 Å². The molecule has 2 atom stereocenters. The molecule has 0 spiro atoms. The molecular formula is C38H44N2O12. The summed E-state index contributed by atoms with van der Waals surface area (Å²) in [4.78, 5) is 21.5. The fourth-order valence-corrected chi connectivity index (χ4v) is 4.73. The number of benzene rings is 4. The van der Waals surface area contributed by atoms with Gasteiger partial charge in [-0.2, -0.15) is 5.43 Å². The van der Waals surface area contributed by atoms with Crippen LogP contribution in [0.2, 0.25) is 0 Å². The number of phenolic OH excluding ortho intramolecular Hbond substituents is 6. The second-order valence-electron chi connectivity index (χ2n) is 12.5. The Kier molecular flexibility index (Phi) is 14.7. The Bertz CT molecular complexity index is 1820. The average Bonchev–Trinajstić information content (AvgIpc) is 3.07. The molecule has 14 nitrogen and oxygen atoms in total. The van der Waals surface area contributed by atoms with Gasteiger partial charge in [0.2, 0.25) is 0 Å². The Balaban J connectivity index is 0.000000225. The van der Waals surface area contributed by atoms with E-state index in [0.717, 1.165) is 5.56 Å². The third kappa shape index (κ3) is 13.4. The highest BCUT2D eigenvalue weighted by Gasteiger charge is 2.32. The fourth-order valence-electron chi connectivity index (χ4n) is 4.73. The molecule has 0 aliphatic carbocycles. The van der Waals surface area contributed by atoms with E-state index in [1.54, 1.807) is 6.07 Å². The molecule has 0 unspecified atom stereocenters. The summed E-state index contributed by atoms with van der Waals surface area (Å²) >= 11 is 0. The normalized spacial score (nSPS) is 14.8. The number of aromatic hydroxyl groups is 6. The van der Waals surface area contributed by atoms with E-state index in [0.29, 0.717) is 40.9 Å². The van der Waals surface area contributed by atoms with Gasteiger partial charge in [0.15, 0.2) is 23.0 Å². The Morgan fingerprint density at radius 3 is 2.13 bits per heavy atom. The van der Waals surface area contributed by atoms with Crippen molar-refractivity contribution >= 4 is 18.0 Å². The van der Waals surface area contributed by atoms with Gasteiger partial charge < -0.3 is 55.1 Å². The summed E-state index contributed by atoms with van der Waals surface area (Å²) in [7, 11) is 5.78. The second-order valence-corrected chi connectivity index (χ2v) is 12.5. The summed E-state index contributed by atoms with van der Waals surface area (Å²) in [6, 6.07) is 20.7. The topological polar surface area (TPSA) is 229 Å². The lowest BCUT2D eigenvalue weighted by atomic mass is 9.94. The minimum atomic E-state index is -1.01. The third-order valence-electron chi connectivity index (χ3n) is 7.32. The number of ether oxygens (including phenoxy) is 2. The molecule has 0 aromatic heterocycles. The number of quaternary nitrogens is 1. The van der Waals surface area contributed by atoms with Gasteiger partial charge >= 0.3 is 5.97 Å². The van der Waals surface area contributed by atoms with Crippen LogP contribution in [-0.4, -0.2) is 92.7 Å². The molecule has 0 saturated heterocycles. The van der Waals surface area contributed by atoms with Crippen LogP contribution >= 0.6 is 0 Å². The number of fused-ring (bicyclic) bond motifs is 1. The Morgan fingerprint density at radius 2 is 1.52 bits per heavy atom. The molecule has 0 amide bonds. The first kappa shape index (κ1) is 40.5. The maximum atomic E-state index is 11.5. The highest BCUT2D eigenvalue weighted by Crippen LogP contribution is 2.42. The molecule has 0 bridgehead atoms. The van der Waals surface area contributed by atoms with Crippen molar-refractivity contribution in [3.8, 4) is 40.2 Å². The largest absolute Gasteiger partial charge is 0.550 e. The van der Waals surface area contributed by atoms with Crippen molar-refractivity contribution in [1.82, 2.24) is 5.43 Å². The number of aliphatic carboxylic acids is 1. The number of nitrogens with zero attached hydrogens (tertiary/aromatic N) is 1. The van der Waals surface area contributed by atoms with Gasteiger partial charge in [0.05, 0.1) is 33.9 Å². The standard InChI is InChI=1S/C17H16O4.C15H14O6.C6H14N2O2/c18-15-8-6-14(12-16(15)19)7-9-17(20)21-11-10-13-4-2-1-3-5-13;16-8-4-11(18)9-6-13(20)15(21-14(9)5-8)7-1-2-10(17)12(19)3-7;1-8(2,3)7-5-4-6(9)10/h1-9,12,18-19H,10-11H2;1-5,13,15-20H,6H2;7H,4-5H2,1-3H3/b9-7+;;/t;13-,15+;/m.0./s1. The van der Waals surface area contributed by atoms with Crippen molar-refractivity contribution in [1.29, 1.82) is 0 Å². The molecule has 1 heterocycles. The maximum absolute atomic E-state index is 11.5. The van der Waals surface area contributed by atoms with Crippen LogP contribution < -0.4 is 15.3 Å². The summed E-state index contributed by atoms with van der Waals surface area (Å²) in [6.45, 7) is 0.764. The van der Waals surface area contributed by atoms with Crippen molar-refractivity contribution in [3.63, 3.8) is 0 Å². The molecule has 4 aromatic rings. The van der Waals surface area contributed by atoms with Crippen molar-refractivity contribution < 1.29 is 64.5 Å². The van der Waals surface area contributed by atoms with Crippen molar-refractivity contribution in [2.45, 2.75) is 31.5 Å². The predicted molar refractivity (Wildman–Crippen MR) is 188 cm³/mol. The third-order valence-corrected chi connectivity index (χ3v) is 7.32. The van der Waals surface area contributed by atoms with E-state index < -0.39 is 24.1 Å². The van der Waals surface area contributed by atoms with Gasteiger partial charge in [-0.25, -0.2) is 4.79 Å². The number of phenols is 6. The highest BCUT2D eigenvalue weighted by molar-refractivity contribution is 5.87. The van der Waals surface area contributed by atoms with Gasteiger partial charge in [-0.1, -0.05) is 42.5 Å². The van der Waals surface area contributed by atoms with E-state index in [4.69, 9.17) is 9.47 Å². The minimum absolute atomic E-state index is 0.0650. The Labute approximate surface area is 300 Å². The maximum Gasteiger partial charge on any atom is 0.330 e. The smallest absolute Gasteiger partial charge is 0.330 e. The Hall–Kier alpha value is -5.96. The number of hydrogen-bond donors (Lipinski definition) is 8. The minimum Gasteiger partial charge on any atom is -0.550 e. The molecule has 52 heavy (non-hydrogen) atoms. The van der Waals surface area contributed by atoms with E-state index in [9.17, 15) is 50.4 Å². The molecule has 14 heteroatoms. The zero-order valence-electron chi connectivity index (χ0n) is 29.0. The van der Waals surface area contributed by atoms with Crippen LogP contribution in [0.5, 0.6) is 40.2 Å². The van der Waals surface area contributed by atoms with Crippen LogP contribution in [0.15, 0.2) is 84.9 Å². The zero-order chi connectivity index (χ0) is 38.4. The number of carboxylic acid groups (broad SMARTS) is 1. The van der Waals surface area contributed by atoms with Crippen molar-refractivity contribution in [2.75, 3.05) is 34.3 Å². The molecule has 1 aliphatic heterocycles. The number of carbonyl (C=O) groups excluding carboxylic acids is 2. The number of aliphatic hydroxyl groups is 1. The lowest BCUT2D eigenvalue weighted by Gasteiger charge is -2.31. The van der Waals surface area contributed by atoms with Gasteiger partial charge in [-0.3, -0.25) is 4.59 Å². The molecule has 0 saturated carbocycles. The Morgan fingerprint density at radius 1 is 0.865 bits per heavy atom. The SMILES string of the molecule is C[N+](C)(C)NCCC(=O)[O-].O=C(/C=C/c1ccc(O)c(O)c1)OCCc1ccccc1.Oc1cc(O)c2c(c1)O[C@H](c1ccc(O)c(O)c1)[C@@H](O)C2. The monoisotopic (exact) mass is 720 g/mol.